The van der Waals surface area contributed by atoms with Crippen LogP contribution in [0.2, 0.25) is 0 Å². The van der Waals surface area contributed by atoms with E-state index in [0.717, 1.165) is 20.1 Å². The lowest BCUT2D eigenvalue weighted by molar-refractivity contribution is 0.0958. The van der Waals surface area contributed by atoms with E-state index < -0.39 is 0 Å². The molecule has 0 aliphatic carbocycles. The van der Waals surface area contributed by atoms with Gasteiger partial charge in [0.05, 0.1) is 8.66 Å². The Morgan fingerprint density at radius 1 is 1.65 bits per heavy atom. The fourth-order valence-corrected chi connectivity index (χ4v) is 2.84. The Hall–Kier alpha value is -1.14. The first-order chi connectivity index (χ1) is 8.16. The SMILES string of the molecule is Cc1cc(C(=O)NCCc2ncc[nH]2)sc1Br. The van der Waals surface area contributed by atoms with Crippen LogP contribution in [-0.2, 0) is 6.42 Å². The van der Waals surface area contributed by atoms with Crippen molar-refractivity contribution in [3.8, 4) is 0 Å². The molecule has 2 aromatic rings. The van der Waals surface area contributed by atoms with Crippen molar-refractivity contribution in [3.05, 3.63) is 38.5 Å². The van der Waals surface area contributed by atoms with E-state index in [1.54, 1.807) is 12.4 Å². The van der Waals surface area contributed by atoms with E-state index >= 15 is 0 Å². The topological polar surface area (TPSA) is 57.8 Å². The smallest absolute Gasteiger partial charge is 0.261 e. The molecule has 6 heteroatoms. The number of imidazole rings is 1. The maximum atomic E-state index is 11.8. The number of aromatic amines is 1. The number of rotatable bonds is 4. The van der Waals surface area contributed by atoms with Gasteiger partial charge in [-0.25, -0.2) is 4.98 Å². The molecule has 17 heavy (non-hydrogen) atoms. The highest BCUT2D eigenvalue weighted by molar-refractivity contribution is 9.11. The Kier molecular flexibility index (Phi) is 3.96. The summed E-state index contributed by atoms with van der Waals surface area (Å²) in [4.78, 5) is 19.6. The number of aryl methyl sites for hydroxylation is 1. The van der Waals surface area contributed by atoms with E-state index in [9.17, 15) is 4.79 Å². The number of thiophene rings is 1. The second-order valence-corrected chi connectivity index (χ2v) is 5.98. The van der Waals surface area contributed by atoms with Gasteiger partial charge in [-0.15, -0.1) is 11.3 Å². The first-order valence-electron chi connectivity index (χ1n) is 5.19. The van der Waals surface area contributed by atoms with E-state index in [-0.39, 0.29) is 5.91 Å². The molecule has 4 nitrogen and oxygen atoms in total. The maximum Gasteiger partial charge on any atom is 0.261 e. The van der Waals surface area contributed by atoms with Gasteiger partial charge in [0.1, 0.15) is 5.82 Å². The molecule has 0 atom stereocenters. The lowest BCUT2D eigenvalue weighted by atomic mass is 10.3. The van der Waals surface area contributed by atoms with Crippen molar-refractivity contribution in [3.63, 3.8) is 0 Å². The zero-order valence-electron chi connectivity index (χ0n) is 9.29. The number of hydrogen-bond acceptors (Lipinski definition) is 3. The monoisotopic (exact) mass is 313 g/mol. The number of nitrogens with one attached hydrogen (secondary N) is 2. The Balaban J connectivity index is 1.85. The van der Waals surface area contributed by atoms with Crippen molar-refractivity contribution in [2.24, 2.45) is 0 Å². The molecule has 0 aliphatic heterocycles. The van der Waals surface area contributed by atoms with Crippen LogP contribution in [-0.4, -0.2) is 22.4 Å². The lowest BCUT2D eigenvalue weighted by Gasteiger charge is -2.01. The van der Waals surface area contributed by atoms with Gasteiger partial charge in [0.15, 0.2) is 0 Å². The van der Waals surface area contributed by atoms with E-state index in [0.29, 0.717) is 13.0 Å². The summed E-state index contributed by atoms with van der Waals surface area (Å²) >= 11 is 4.86. The van der Waals surface area contributed by atoms with Gasteiger partial charge in [-0.2, -0.15) is 0 Å². The molecule has 2 aromatic heterocycles. The fourth-order valence-electron chi connectivity index (χ4n) is 1.39. The average Bonchev–Trinajstić information content (AvgIpc) is 2.90. The quantitative estimate of drug-likeness (QED) is 0.911. The molecule has 0 fully saturated rings. The largest absolute Gasteiger partial charge is 0.351 e. The summed E-state index contributed by atoms with van der Waals surface area (Å²) in [5, 5.41) is 2.87. The van der Waals surface area contributed by atoms with Crippen molar-refractivity contribution in [1.82, 2.24) is 15.3 Å². The third-order valence-corrected chi connectivity index (χ3v) is 4.42. The van der Waals surface area contributed by atoms with Crippen LogP contribution in [0.5, 0.6) is 0 Å². The molecule has 0 aromatic carbocycles. The van der Waals surface area contributed by atoms with Crippen LogP contribution in [0, 0.1) is 6.92 Å². The fraction of sp³-hybridized carbons (Fsp3) is 0.273. The Bertz CT molecular complexity index is 487. The van der Waals surface area contributed by atoms with Crippen molar-refractivity contribution in [2.45, 2.75) is 13.3 Å². The Morgan fingerprint density at radius 3 is 3.06 bits per heavy atom. The van der Waals surface area contributed by atoms with Gasteiger partial charge in [0.2, 0.25) is 0 Å². The molecular formula is C11H12BrN3OS. The van der Waals surface area contributed by atoms with Gasteiger partial charge < -0.3 is 10.3 Å². The number of carbonyl (C=O) groups is 1. The Labute approximate surface area is 112 Å². The van der Waals surface area contributed by atoms with Crippen LogP contribution in [0.1, 0.15) is 21.1 Å². The molecule has 2 N–H and O–H groups in total. The van der Waals surface area contributed by atoms with E-state index in [1.165, 1.54) is 11.3 Å². The number of carbonyl (C=O) groups excluding carboxylic acids is 1. The molecule has 0 spiro atoms. The van der Waals surface area contributed by atoms with Crippen LogP contribution >= 0.6 is 27.3 Å². The molecule has 0 saturated carbocycles. The first-order valence-corrected chi connectivity index (χ1v) is 6.80. The van der Waals surface area contributed by atoms with Gasteiger partial charge in [-0.05, 0) is 34.5 Å². The molecule has 2 heterocycles. The zero-order valence-corrected chi connectivity index (χ0v) is 11.7. The highest BCUT2D eigenvalue weighted by Crippen LogP contribution is 2.27. The second kappa shape index (κ2) is 5.46. The van der Waals surface area contributed by atoms with Crippen LogP contribution in [0.25, 0.3) is 0 Å². The van der Waals surface area contributed by atoms with Crippen molar-refractivity contribution >= 4 is 33.2 Å². The predicted octanol–water partition coefficient (Wildman–Crippen LogP) is 2.51. The van der Waals surface area contributed by atoms with Gasteiger partial charge in [0, 0.05) is 25.4 Å². The molecule has 0 saturated heterocycles. The first kappa shape index (κ1) is 12.3. The molecule has 90 valence electrons. The molecule has 0 radical (unpaired) electrons. The third kappa shape index (κ3) is 3.17. The summed E-state index contributed by atoms with van der Waals surface area (Å²) in [5.74, 6) is 0.851. The minimum Gasteiger partial charge on any atom is -0.351 e. The molecule has 1 amide bonds. The highest BCUT2D eigenvalue weighted by Gasteiger charge is 2.10. The minimum absolute atomic E-state index is 0.0321. The number of halogens is 1. The van der Waals surface area contributed by atoms with Crippen molar-refractivity contribution in [2.75, 3.05) is 6.54 Å². The summed E-state index contributed by atoms with van der Waals surface area (Å²) in [7, 11) is 0. The van der Waals surface area contributed by atoms with Gasteiger partial charge in [-0.3, -0.25) is 4.79 Å². The van der Waals surface area contributed by atoms with E-state index in [4.69, 9.17) is 0 Å². The van der Waals surface area contributed by atoms with Crippen molar-refractivity contribution in [1.29, 1.82) is 0 Å². The molecule has 0 aliphatic rings. The summed E-state index contributed by atoms with van der Waals surface area (Å²) in [6.07, 6.45) is 4.19. The van der Waals surface area contributed by atoms with Crippen LogP contribution in [0.15, 0.2) is 22.2 Å². The van der Waals surface area contributed by atoms with E-state index in [1.807, 2.05) is 13.0 Å². The lowest BCUT2D eigenvalue weighted by Crippen LogP contribution is -2.25. The molecular weight excluding hydrogens is 302 g/mol. The van der Waals surface area contributed by atoms with Gasteiger partial charge in [-0.1, -0.05) is 0 Å². The number of nitrogens with zero attached hydrogens (tertiary/aromatic N) is 1. The van der Waals surface area contributed by atoms with Crippen LogP contribution in [0.4, 0.5) is 0 Å². The highest BCUT2D eigenvalue weighted by atomic mass is 79.9. The van der Waals surface area contributed by atoms with Crippen LogP contribution in [0.3, 0.4) is 0 Å². The van der Waals surface area contributed by atoms with Gasteiger partial charge in [0.25, 0.3) is 5.91 Å². The molecule has 0 unspecified atom stereocenters. The van der Waals surface area contributed by atoms with Gasteiger partial charge >= 0.3 is 0 Å². The molecule has 0 bridgehead atoms. The number of aromatic nitrogens is 2. The average molecular weight is 314 g/mol. The predicted molar refractivity (Wildman–Crippen MR) is 71.4 cm³/mol. The van der Waals surface area contributed by atoms with Crippen molar-refractivity contribution < 1.29 is 4.79 Å². The summed E-state index contributed by atoms with van der Waals surface area (Å²) in [6.45, 7) is 2.56. The second-order valence-electron chi connectivity index (χ2n) is 3.61. The number of H-pyrrole nitrogens is 1. The van der Waals surface area contributed by atoms with E-state index in [2.05, 4.69) is 31.2 Å². The Morgan fingerprint density at radius 2 is 2.47 bits per heavy atom. The minimum atomic E-state index is -0.0321. The third-order valence-electron chi connectivity index (χ3n) is 2.28. The summed E-state index contributed by atoms with van der Waals surface area (Å²) in [5.41, 5.74) is 1.09. The maximum absolute atomic E-state index is 11.8. The zero-order chi connectivity index (χ0) is 12.3. The summed E-state index contributed by atoms with van der Waals surface area (Å²) < 4.78 is 1.01. The number of amides is 1. The molecule has 2 rings (SSSR count). The summed E-state index contributed by atoms with van der Waals surface area (Å²) in [6, 6.07) is 1.89. The normalized spacial score (nSPS) is 10.5. The number of hydrogen-bond donors (Lipinski definition) is 2. The van der Waals surface area contributed by atoms with Crippen LogP contribution < -0.4 is 5.32 Å². The standard InChI is InChI=1S/C11H12BrN3OS/c1-7-6-8(17-10(7)12)11(16)15-3-2-9-13-4-5-14-9/h4-6H,2-3H2,1H3,(H,13,14)(H,15,16).